The van der Waals surface area contributed by atoms with Gasteiger partial charge in [-0.3, -0.25) is 0 Å². The average Bonchev–Trinajstić information content (AvgIpc) is 3.43. The highest BCUT2D eigenvalue weighted by Gasteiger charge is 2.37. The van der Waals surface area contributed by atoms with E-state index in [1.807, 2.05) is 0 Å². The van der Waals surface area contributed by atoms with E-state index in [0.29, 0.717) is 5.66 Å². The van der Waals surface area contributed by atoms with E-state index in [2.05, 4.69) is 165 Å². The topological polar surface area (TPSA) is 18.5 Å². The van der Waals surface area contributed by atoms with Gasteiger partial charge in [0, 0.05) is 21.9 Å². The minimum Gasteiger partial charge on any atom is -0.490 e. The number of hydrogen-bond donors (Lipinski definition) is 0. The first-order valence-corrected chi connectivity index (χ1v) is 19.0. The molecule has 4 aromatic carbocycles. The van der Waals surface area contributed by atoms with Crippen molar-refractivity contribution in [2.45, 2.75) is 85.8 Å². The maximum absolute atomic E-state index is 6.50. The summed E-state index contributed by atoms with van der Waals surface area (Å²) in [6, 6.07) is 31.6. The summed E-state index contributed by atoms with van der Waals surface area (Å²) in [5.74, 6) is 1.94. The molecule has 1 aliphatic rings. The summed E-state index contributed by atoms with van der Waals surface area (Å²) < 4.78 is 13.0. The first kappa shape index (κ1) is 33.2. The lowest BCUT2D eigenvalue weighted by Crippen LogP contribution is -2.30. The van der Waals surface area contributed by atoms with E-state index in [4.69, 9.17) is 9.47 Å². The van der Waals surface area contributed by atoms with Crippen LogP contribution in [0.1, 0.15) is 56.9 Å². The van der Waals surface area contributed by atoms with Gasteiger partial charge in [-0.15, -0.1) is 0 Å². The molecule has 0 fully saturated rings. The van der Waals surface area contributed by atoms with Gasteiger partial charge in [0.1, 0.15) is 11.5 Å². The Hall–Kier alpha value is -3.18. The Morgan fingerprint density at radius 3 is 1.42 bits per heavy atom. The van der Waals surface area contributed by atoms with E-state index < -0.39 is 15.8 Å². The normalized spacial score (nSPS) is 15.3. The predicted octanol–water partition coefficient (Wildman–Crippen LogP) is 9.31. The zero-order valence-electron chi connectivity index (χ0n) is 28.3. The van der Waals surface area contributed by atoms with Gasteiger partial charge in [0.2, 0.25) is 0 Å². The van der Waals surface area contributed by atoms with E-state index in [0.717, 1.165) is 11.5 Å². The van der Waals surface area contributed by atoms with Crippen LogP contribution in [0.2, 0.25) is 0 Å². The monoisotopic (exact) mass is 634 g/mol. The zero-order chi connectivity index (χ0) is 32.2. The van der Waals surface area contributed by atoms with Gasteiger partial charge in [-0.2, -0.15) is 0 Å². The molecular formula is C41H48O2P2. The molecular weight excluding hydrogens is 586 g/mol. The Morgan fingerprint density at radius 1 is 0.578 bits per heavy atom. The van der Waals surface area contributed by atoms with Gasteiger partial charge >= 0.3 is 0 Å². The Morgan fingerprint density at radius 2 is 1.00 bits per heavy atom. The molecule has 0 aliphatic heterocycles. The molecule has 5 rings (SSSR count). The number of aryl methyl sites for hydroxylation is 4. The van der Waals surface area contributed by atoms with Crippen LogP contribution in [-0.4, -0.2) is 23.5 Å². The largest absolute Gasteiger partial charge is 0.490 e. The third kappa shape index (κ3) is 7.80. The van der Waals surface area contributed by atoms with Crippen molar-refractivity contribution < 1.29 is 9.47 Å². The number of benzene rings is 4. The molecule has 0 bridgehead atoms. The Labute approximate surface area is 274 Å². The number of rotatable bonds is 11. The standard InChI is InChI=1S/C41H48O2P2/c1-27(2)42-37-16-10-12-18-40(37)45(41-19-13-11-17-38(41)43-28(3)4)39-20-14-15-36(39)33(9)44(34-23-29(5)21-30(6)24-34)35-25-31(7)22-32(8)26-35/h10-28,33,39H,1-9H3/t33-,39?/m1/s1. The van der Waals surface area contributed by atoms with Crippen LogP contribution >= 0.6 is 15.8 Å². The van der Waals surface area contributed by atoms with Gasteiger partial charge < -0.3 is 9.47 Å². The van der Waals surface area contributed by atoms with Crippen molar-refractivity contribution in [1.82, 2.24) is 0 Å². The molecule has 4 heteroatoms. The molecule has 0 aromatic heterocycles. The lowest BCUT2D eigenvalue weighted by molar-refractivity contribution is 0.244. The Kier molecular flexibility index (Phi) is 10.7. The molecule has 0 heterocycles. The van der Waals surface area contributed by atoms with Crippen LogP contribution in [0.4, 0.5) is 0 Å². The molecule has 0 radical (unpaired) electrons. The summed E-state index contributed by atoms with van der Waals surface area (Å²) in [5, 5.41) is 5.42. The average molecular weight is 635 g/mol. The second kappa shape index (κ2) is 14.5. The van der Waals surface area contributed by atoms with Crippen LogP contribution < -0.4 is 30.7 Å². The zero-order valence-corrected chi connectivity index (χ0v) is 30.1. The molecule has 1 unspecified atom stereocenters. The number of hydrogen-bond acceptors (Lipinski definition) is 2. The molecule has 4 aromatic rings. The van der Waals surface area contributed by atoms with Crippen LogP contribution in [0.5, 0.6) is 11.5 Å². The number of para-hydroxylation sites is 2. The third-order valence-corrected chi connectivity index (χ3v) is 13.5. The van der Waals surface area contributed by atoms with Gasteiger partial charge in [0.05, 0.1) is 12.2 Å². The van der Waals surface area contributed by atoms with Crippen molar-refractivity contribution in [1.29, 1.82) is 0 Å². The second-order valence-electron chi connectivity index (χ2n) is 12.9. The van der Waals surface area contributed by atoms with Crippen LogP contribution in [-0.2, 0) is 0 Å². The van der Waals surface area contributed by atoms with E-state index >= 15 is 0 Å². The summed E-state index contributed by atoms with van der Waals surface area (Å²) in [6.07, 6.45) is 7.30. The van der Waals surface area contributed by atoms with Crippen molar-refractivity contribution in [3.63, 3.8) is 0 Å². The first-order chi connectivity index (χ1) is 21.5. The molecule has 2 atom stereocenters. The highest BCUT2D eigenvalue weighted by atomic mass is 31.1. The summed E-state index contributed by atoms with van der Waals surface area (Å²) >= 11 is 0. The summed E-state index contributed by atoms with van der Waals surface area (Å²) in [5.41, 5.74) is 7.33. The van der Waals surface area contributed by atoms with E-state index in [-0.39, 0.29) is 17.9 Å². The van der Waals surface area contributed by atoms with Crippen LogP contribution in [0.25, 0.3) is 0 Å². The highest BCUT2D eigenvalue weighted by Crippen LogP contribution is 2.55. The van der Waals surface area contributed by atoms with E-state index in [1.54, 1.807) is 0 Å². The fourth-order valence-electron chi connectivity index (χ4n) is 6.48. The summed E-state index contributed by atoms with van der Waals surface area (Å²) in [4.78, 5) is 0. The fraction of sp³-hybridized carbons (Fsp3) is 0.317. The van der Waals surface area contributed by atoms with E-state index in [1.165, 1.54) is 49.0 Å². The summed E-state index contributed by atoms with van der Waals surface area (Å²) in [6.45, 7) is 19.8. The maximum atomic E-state index is 6.50. The Bertz CT molecular complexity index is 1550. The van der Waals surface area contributed by atoms with Crippen LogP contribution in [0.15, 0.2) is 109 Å². The molecule has 1 aliphatic carbocycles. The van der Waals surface area contributed by atoms with Crippen molar-refractivity contribution in [3.05, 3.63) is 131 Å². The van der Waals surface area contributed by atoms with Gasteiger partial charge in [-0.1, -0.05) is 126 Å². The Balaban J connectivity index is 1.68. The second-order valence-corrected chi connectivity index (χ2v) is 17.7. The van der Waals surface area contributed by atoms with Crippen LogP contribution in [0, 0.1) is 27.7 Å². The molecule has 0 spiro atoms. The van der Waals surface area contributed by atoms with Gasteiger partial charge in [0.25, 0.3) is 0 Å². The minimum absolute atomic E-state index is 0.0835. The van der Waals surface area contributed by atoms with E-state index in [9.17, 15) is 0 Å². The molecule has 45 heavy (non-hydrogen) atoms. The van der Waals surface area contributed by atoms with Gasteiger partial charge in [-0.05, 0) is 94.0 Å². The highest BCUT2D eigenvalue weighted by molar-refractivity contribution is 7.75. The SMILES string of the molecule is Cc1cc(C)cc(P(c2cc(C)cc(C)c2)[C@H](C)C2=CC=CC2P(c2ccccc2OC(C)C)c2ccccc2OC(C)C)c1. The fourth-order valence-corrected chi connectivity index (χ4v) is 12.7. The molecule has 0 saturated carbocycles. The molecule has 234 valence electrons. The van der Waals surface area contributed by atoms with Crippen LogP contribution in [0.3, 0.4) is 0 Å². The summed E-state index contributed by atoms with van der Waals surface area (Å²) in [7, 11) is -1.59. The van der Waals surface area contributed by atoms with Crippen molar-refractivity contribution >= 4 is 37.1 Å². The number of allylic oxidation sites excluding steroid dienone is 4. The smallest absolute Gasteiger partial charge is 0.127 e. The molecule has 0 amide bonds. The lowest BCUT2D eigenvalue weighted by Gasteiger charge is -2.35. The lowest BCUT2D eigenvalue weighted by atomic mass is 10.1. The maximum Gasteiger partial charge on any atom is 0.127 e. The third-order valence-electron chi connectivity index (χ3n) is 8.02. The first-order valence-electron chi connectivity index (χ1n) is 16.2. The number of ether oxygens (including phenoxy) is 2. The molecule has 2 nitrogen and oxygen atoms in total. The van der Waals surface area contributed by atoms with Gasteiger partial charge in [-0.25, -0.2) is 0 Å². The van der Waals surface area contributed by atoms with Crippen molar-refractivity contribution in [2.75, 3.05) is 0 Å². The van der Waals surface area contributed by atoms with Gasteiger partial charge in [0.15, 0.2) is 0 Å². The minimum atomic E-state index is -0.909. The van der Waals surface area contributed by atoms with Crippen molar-refractivity contribution in [2.24, 2.45) is 0 Å². The molecule has 0 saturated heterocycles. The quantitative estimate of drug-likeness (QED) is 0.153. The molecule has 0 N–H and O–H groups in total. The van der Waals surface area contributed by atoms with Crippen molar-refractivity contribution in [3.8, 4) is 11.5 Å². The predicted molar refractivity (Wildman–Crippen MR) is 199 cm³/mol.